The molecule has 2 aromatic heterocycles. The largest absolute Gasteiger partial charge is 0.338 e. The summed E-state index contributed by atoms with van der Waals surface area (Å²) in [5.41, 5.74) is 2.22. The van der Waals surface area contributed by atoms with Crippen molar-refractivity contribution in [3.05, 3.63) is 53.8 Å². The fourth-order valence-corrected chi connectivity index (χ4v) is 1.96. The zero-order chi connectivity index (χ0) is 13.1. The highest BCUT2D eigenvalue weighted by Gasteiger charge is 2.02. The fraction of sp³-hybridized carbons (Fsp3) is 0.214. The summed E-state index contributed by atoms with van der Waals surface area (Å²) in [4.78, 5) is 8.44. The normalized spacial score (nSPS) is 11.0. The maximum Gasteiger partial charge on any atom is 0.240 e. The molecule has 19 heavy (non-hydrogen) atoms. The quantitative estimate of drug-likeness (QED) is 0.773. The molecule has 0 fully saturated rings. The molecule has 96 valence electrons. The number of aryl methyl sites for hydroxylation is 1. The van der Waals surface area contributed by atoms with Crippen molar-refractivity contribution in [1.82, 2.24) is 20.4 Å². The van der Waals surface area contributed by atoms with Crippen LogP contribution in [0.15, 0.2) is 41.1 Å². The van der Waals surface area contributed by atoms with Crippen LogP contribution in [-0.2, 0) is 13.1 Å². The molecular formula is C14H14N4O. The Morgan fingerprint density at radius 3 is 3.00 bits per heavy atom. The van der Waals surface area contributed by atoms with Crippen LogP contribution in [0.5, 0.6) is 0 Å². The fourth-order valence-electron chi connectivity index (χ4n) is 1.96. The van der Waals surface area contributed by atoms with E-state index in [0.717, 1.165) is 17.4 Å². The number of benzene rings is 1. The minimum atomic E-state index is 0.575. The summed E-state index contributed by atoms with van der Waals surface area (Å²) >= 11 is 0. The summed E-state index contributed by atoms with van der Waals surface area (Å²) in [5, 5.41) is 8.18. The van der Waals surface area contributed by atoms with Crippen LogP contribution < -0.4 is 5.32 Å². The Morgan fingerprint density at radius 2 is 2.16 bits per heavy atom. The maximum atomic E-state index is 5.04. The second kappa shape index (κ2) is 5.16. The van der Waals surface area contributed by atoms with E-state index in [1.165, 1.54) is 5.56 Å². The molecular weight excluding hydrogens is 240 g/mol. The lowest BCUT2D eigenvalue weighted by Gasteiger charge is -2.03. The zero-order valence-electron chi connectivity index (χ0n) is 10.6. The van der Waals surface area contributed by atoms with Gasteiger partial charge in [-0.3, -0.25) is 4.98 Å². The number of hydrogen-bond acceptors (Lipinski definition) is 5. The van der Waals surface area contributed by atoms with Crippen LogP contribution in [0.4, 0.5) is 0 Å². The van der Waals surface area contributed by atoms with Gasteiger partial charge in [0, 0.05) is 18.1 Å². The summed E-state index contributed by atoms with van der Waals surface area (Å²) < 4.78 is 5.04. The van der Waals surface area contributed by atoms with Crippen molar-refractivity contribution in [2.45, 2.75) is 20.0 Å². The smallest absolute Gasteiger partial charge is 0.240 e. The summed E-state index contributed by atoms with van der Waals surface area (Å²) in [6, 6.07) is 10.2. The van der Waals surface area contributed by atoms with Gasteiger partial charge in [-0.25, -0.2) is 0 Å². The van der Waals surface area contributed by atoms with Crippen LogP contribution in [0, 0.1) is 6.92 Å². The molecule has 0 atom stereocenters. The topological polar surface area (TPSA) is 63.8 Å². The van der Waals surface area contributed by atoms with Gasteiger partial charge in [0.1, 0.15) is 0 Å². The molecule has 1 aromatic carbocycles. The number of nitrogens with one attached hydrogen (secondary N) is 1. The van der Waals surface area contributed by atoms with E-state index < -0.39 is 0 Å². The van der Waals surface area contributed by atoms with Crippen LogP contribution >= 0.6 is 0 Å². The minimum absolute atomic E-state index is 0.575. The second-order valence-electron chi connectivity index (χ2n) is 4.37. The zero-order valence-corrected chi connectivity index (χ0v) is 10.6. The summed E-state index contributed by atoms with van der Waals surface area (Å²) in [6.07, 6.45) is 1.80. The van der Waals surface area contributed by atoms with Gasteiger partial charge in [-0.1, -0.05) is 17.3 Å². The molecule has 0 radical (unpaired) electrons. The lowest BCUT2D eigenvalue weighted by atomic mass is 10.1. The van der Waals surface area contributed by atoms with E-state index in [1.807, 2.05) is 19.1 Å². The van der Waals surface area contributed by atoms with Crippen molar-refractivity contribution in [3.63, 3.8) is 0 Å². The summed E-state index contributed by atoms with van der Waals surface area (Å²) in [6.45, 7) is 3.14. The number of rotatable bonds is 4. The molecule has 5 nitrogen and oxygen atoms in total. The van der Waals surface area contributed by atoms with Crippen molar-refractivity contribution in [2.24, 2.45) is 0 Å². The van der Waals surface area contributed by atoms with E-state index >= 15 is 0 Å². The summed E-state index contributed by atoms with van der Waals surface area (Å²) in [7, 11) is 0. The predicted molar refractivity (Wildman–Crippen MR) is 71.3 cm³/mol. The first-order valence-electron chi connectivity index (χ1n) is 6.15. The molecule has 0 spiro atoms. The Kier molecular flexibility index (Phi) is 3.20. The van der Waals surface area contributed by atoms with Gasteiger partial charge >= 0.3 is 0 Å². The van der Waals surface area contributed by atoms with Crippen molar-refractivity contribution >= 4 is 10.9 Å². The average Bonchev–Trinajstić information content (AvgIpc) is 2.84. The number of hydrogen-bond donors (Lipinski definition) is 1. The van der Waals surface area contributed by atoms with Crippen LogP contribution in [0.3, 0.4) is 0 Å². The molecule has 2 heterocycles. The van der Waals surface area contributed by atoms with Crippen LogP contribution in [-0.4, -0.2) is 15.1 Å². The molecule has 3 rings (SSSR count). The predicted octanol–water partition coefficient (Wildman–Crippen LogP) is 2.22. The Hall–Kier alpha value is -2.27. The van der Waals surface area contributed by atoms with E-state index in [-0.39, 0.29) is 0 Å². The average molecular weight is 254 g/mol. The highest BCUT2D eigenvalue weighted by molar-refractivity contribution is 5.78. The number of fused-ring (bicyclic) bond motifs is 1. The number of pyridine rings is 1. The first-order chi connectivity index (χ1) is 9.31. The molecule has 0 aliphatic heterocycles. The van der Waals surface area contributed by atoms with Gasteiger partial charge in [0.05, 0.1) is 12.1 Å². The lowest BCUT2D eigenvalue weighted by Crippen LogP contribution is -2.12. The van der Waals surface area contributed by atoms with E-state index in [4.69, 9.17) is 4.52 Å². The SMILES string of the molecule is Cc1noc(CNCc2ccc3ncccc3c2)n1. The van der Waals surface area contributed by atoms with Crippen LogP contribution in [0.2, 0.25) is 0 Å². The van der Waals surface area contributed by atoms with Gasteiger partial charge in [0.15, 0.2) is 5.82 Å². The van der Waals surface area contributed by atoms with Crippen LogP contribution in [0.1, 0.15) is 17.3 Å². The van der Waals surface area contributed by atoms with Crippen molar-refractivity contribution < 1.29 is 4.52 Å². The van der Waals surface area contributed by atoms with E-state index in [1.54, 1.807) is 6.20 Å². The molecule has 0 unspecified atom stereocenters. The van der Waals surface area contributed by atoms with E-state index in [9.17, 15) is 0 Å². The second-order valence-corrected chi connectivity index (χ2v) is 4.37. The number of nitrogens with zero attached hydrogens (tertiary/aromatic N) is 3. The standard InChI is InChI=1S/C14H14N4O/c1-10-17-14(19-18-10)9-15-8-11-4-5-13-12(7-11)3-2-6-16-13/h2-7,15H,8-9H2,1H3. The molecule has 0 bridgehead atoms. The Bertz CT molecular complexity index is 692. The third kappa shape index (κ3) is 2.77. The third-order valence-electron chi connectivity index (χ3n) is 2.84. The highest BCUT2D eigenvalue weighted by Crippen LogP contribution is 2.13. The van der Waals surface area contributed by atoms with Crippen molar-refractivity contribution in [1.29, 1.82) is 0 Å². The first kappa shape index (κ1) is 11.8. The third-order valence-corrected chi connectivity index (χ3v) is 2.84. The Balaban J connectivity index is 1.65. The Morgan fingerprint density at radius 1 is 1.21 bits per heavy atom. The monoisotopic (exact) mass is 254 g/mol. The molecule has 0 aliphatic carbocycles. The highest BCUT2D eigenvalue weighted by atomic mass is 16.5. The number of aromatic nitrogens is 3. The maximum absolute atomic E-state index is 5.04. The van der Waals surface area contributed by atoms with Crippen molar-refractivity contribution in [2.75, 3.05) is 0 Å². The molecule has 1 N–H and O–H groups in total. The van der Waals surface area contributed by atoms with Gasteiger partial charge in [0.25, 0.3) is 0 Å². The lowest BCUT2D eigenvalue weighted by molar-refractivity contribution is 0.364. The van der Waals surface area contributed by atoms with Crippen molar-refractivity contribution in [3.8, 4) is 0 Å². The molecule has 0 amide bonds. The first-order valence-corrected chi connectivity index (χ1v) is 6.15. The van der Waals surface area contributed by atoms with Gasteiger partial charge in [-0.2, -0.15) is 4.98 Å². The summed E-state index contributed by atoms with van der Waals surface area (Å²) in [5.74, 6) is 1.27. The van der Waals surface area contributed by atoms with Gasteiger partial charge in [0.2, 0.25) is 5.89 Å². The van der Waals surface area contributed by atoms with Gasteiger partial charge < -0.3 is 9.84 Å². The minimum Gasteiger partial charge on any atom is -0.338 e. The van der Waals surface area contributed by atoms with Gasteiger partial charge in [-0.05, 0) is 30.7 Å². The molecule has 0 saturated heterocycles. The molecule has 5 heteroatoms. The molecule has 0 saturated carbocycles. The van der Waals surface area contributed by atoms with E-state index in [0.29, 0.717) is 18.3 Å². The Labute approximate surface area is 110 Å². The van der Waals surface area contributed by atoms with Crippen LogP contribution in [0.25, 0.3) is 10.9 Å². The van der Waals surface area contributed by atoms with E-state index in [2.05, 4.69) is 38.6 Å². The van der Waals surface area contributed by atoms with Gasteiger partial charge in [-0.15, -0.1) is 0 Å². The molecule has 3 aromatic rings. The molecule has 0 aliphatic rings.